The summed E-state index contributed by atoms with van der Waals surface area (Å²) in [5, 5.41) is 13.1. The smallest absolute Gasteiger partial charge is 0.238 e. The predicted molar refractivity (Wildman–Crippen MR) is 240 cm³/mol. The summed E-state index contributed by atoms with van der Waals surface area (Å²) in [5.41, 5.74) is 11.1. The van der Waals surface area contributed by atoms with Gasteiger partial charge in [-0.3, -0.25) is 4.57 Å². The van der Waals surface area contributed by atoms with E-state index in [9.17, 15) is 0 Å². The summed E-state index contributed by atoms with van der Waals surface area (Å²) in [6.07, 6.45) is 0. The first-order chi connectivity index (χ1) is 29.3. The first-order valence-electron chi connectivity index (χ1n) is 19.8. The van der Waals surface area contributed by atoms with E-state index in [1.807, 2.05) is 53.2 Å². The normalized spacial score (nSPS) is 12.1. The van der Waals surface area contributed by atoms with Gasteiger partial charge in [-0.25, -0.2) is 0 Å². The Hall–Kier alpha value is -8.16. The van der Waals surface area contributed by atoms with Gasteiger partial charge in [0.15, 0.2) is 5.82 Å². The molecule has 1 N–H and O–H groups in total. The quantitative estimate of drug-likeness (QED) is 0.194. The zero-order valence-corrected chi connectivity index (χ0v) is 31.5. The first kappa shape index (κ1) is 32.0. The molecular weight excluding hydrogens is 725 g/mol. The fourth-order valence-electron chi connectivity index (χ4n) is 9.26. The largest absolute Gasteiger partial charge is 0.456 e. The second-order valence-corrected chi connectivity index (χ2v) is 15.1. The summed E-state index contributed by atoms with van der Waals surface area (Å²) in [6.45, 7) is 0. The van der Waals surface area contributed by atoms with Crippen LogP contribution in [0.2, 0.25) is 0 Å². The molecule has 0 spiro atoms. The van der Waals surface area contributed by atoms with Crippen LogP contribution in [0.15, 0.2) is 192 Å². The SMILES string of the molecule is c1ccc(-c2nc(-n3c4ccccc4c4cc5c(cc43)[nH]c3c(-c4cc6ccccc6o4)cccc3c3cccc4c6ccccc6n5c34)n(-c3ccccc3)n2)cc1. The molecule has 0 atom stereocenters. The Balaban J connectivity index is 1.23. The number of hydrogen-bond acceptors (Lipinski definition) is 3. The standard InChI is InChI=1S/C52H32N6O/c1-3-15-32(16-4-1)51-54-52(58(55-51)34-18-5-2-6-19-34)57-44-27-11-9-21-36(44)41-30-46-42(31-45(41)57)53-49-37(22-13-25-40(49)48-29-33-17-7-12-28-47(33)59-48)39-24-14-23-38-35-20-8-10-26-43(35)56(46)50(38)39/h1-31,53H. The molecule has 0 amide bonds. The van der Waals surface area contributed by atoms with Crippen LogP contribution >= 0.6 is 0 Å². The van der Waals surface area contributed by atoms with E-state index >= 15 is 0 Å². The molecule has 7 heteroatoms. The fourth-order valence-corrected chi connectivity index (χ4v) is 9.26. The van der Waals surface area contributed by atoms with Gasteiger partial charge in [0.05, 0.1) is 44.3 Å². The number of hydrogen-bond donors (Lipinski definition) is 1. The number of benzene rings is 8. The van der Waals surface area contributed by atoms with Crippen molar-refractivity contribution in [2.24, 2.45) is 0 Å². The third kappa shape index (κ3) is 4.64. The average Bonchev–Trinajstić information content (AvgIpc) is 4.07. The summed E-state index contributed by atoms with van der Waals surface area (Å²) in [6, 6.07) is 66.0. The first-order valence-corrected chi connectivity index (χ1v) is 19.8. The minimum atomic E-state index is 0.655. The Bertz CT molecular complexity index is 3810. The topological polar surface area (TPSA) is 69.0 Å². The van der Waals surface area contributed by atoms with E-state index in [1.54, 1.807) is 0 Å². The molecule has 0 fully saturated rings. The molecule has 0 aliphatic heterocycles. The number of fused-ring (bicyclic) bond motifs is 11. The van der Waals surface area contributed by atoms with Crippen molar-refractivity contribution < 1.29 is 4.42 Å². The molecule has 0 aliphatic carbocycles. The average molecular weight is 757 g/mol. The number of para-hydroxylation sites is 6. The molecule has 5 aromatic heterocycles. The van der Waals surface area contributed by atoms with Crippen molar-refractivity contribution >= 4 is 81.9 Å². The molecule has 0 saturated heterocycles. The lowest BCUT2D eigenvalue weighted by Crippen LogP contribution is -2.06. The highest BCUT2D eigenvalue weighted by atomic mass is 16.3. The van der Waals surface area contributed by atoms with Crippen molar-refractivity contribution in [2.45, 2.75) is 0 Å². The van der Waals surface area contributed by atoms with E-state index in [1.165, 1.54) is 16.3 Å². The molecule has 0 radical (unpaired) electrons. The van der Waals surface area contributed by atoms with Crippen LogP contribution < -0.4 is 0 Å². The molecule has 5 heterocycles. The number of nitrogens with one attached hydrogen (secondary N) is 1. The monoisotopic (exact) mass is 756 g/mol. The zero-order chi connectivity index (χ0) is 38.6. The second kappa shape index (κ2) is 12.2. The number of aromatic nitrogens is 6. The van der Waals surface area contributed by atoms with Crippen LogP contribution in [0.1, 0.15) is 0 Å². The Morgan fingerprint density at radius 2 is 1.15 bits per heavy atom. The summed E-state index contributed by atoms with van der Waals surface area (Å²) >= 11 is 0. The molecule has 0 aliphatic rings. The van der Waals surface area contributed by atoms with Crippen molar-refractivity contribution in [3.8, 4) is 34.3 Å². The molecule has 0 bridgehead atoms. The Morgan fingerprint density at radius 1 is 0.492 bits per heavy atom. The number of furan rings is 1. The number of nitrogens with zero attached hydrogens (tertiary/aromatic N) is 5. The van der Waals surface area contributed by atoms with E-state index in [-0.39, 0.29) is 0 Å². The summed E-state index contributed by atoms with van der Waals surface area (Å²) < 4.78 is 13.3. The summed E-state index contributed by atoms with van der Waals surface area (Å²) in [4.78, 5) is 9.37. The van der Waals surface area contributed by atoms with Gasteiger partial charge in [-0.2, -0.15) is 9.67 Å². The Labute approximate surface area is 336 Å². The van der Waals surface area contributed by atoms with Gasteiger partial charge in [0.1, 0.15) is 11.3 Å². The molecule has 0 saturated carbocycles. The van der Waals surface area contributed by atoms with Crippen LogP contribution in [0.5, 0.6) is 0 Å². The third-order valence-electron chi connectivity index (χ3n) is 11.9. The van der Waals surface area contributed by atoms with E-state index in [0.717, 1.165) is 88.2 Å². The number of rotatable bonds is 4. The minimum absolute atomic E-state index is 0.655. The highest BCUT2D eigenvalue weighted by Crippen LogP contribution is 2.41. The highest BCUT2D eigenvalue weighted by Gasteiger charge is 2.23. The van der Waals surface area contributed by atoms with Crippen molar-refractivity contribution in [1.29, 1.82) is 0 Å². The molecule has 276 valence electrons. The molecule has 13 aromatic rings. The van der Waals surface area contributed by atoms with Crippen LogP contribution in [0.4, 0.5) is 0 Å². The maximum atomic E-state index is 6.58. The molecule has 13 rings (SSSR count). The van der Waals surface area contributed by atoms with Crippen molar-refractivity contribution in [3.63, 3.8) is 0 Å². The van der Waals surface area contributed by atoms with Crippen LogP contribution in [0.3, 0.4) is 0 Å². The van der Waals surface area contributed by atoms with Crippen molar-refractivity contribution in [2.75, 3.05) is 0 Å². The second-order valence-electron chi connectivity index (χ2n) is 15.1. The van der Waals surface area contributed by atoms with E-state index in [4.69, 9.17) is 14.5 Å². The maximum Gasteiger partial charge on any atom is 0.238 e. The summed E-state index contributed by atoms with van der Waals surface area (Å²) in [7, 11) is 0. The van der Waals surface area contributed by atoms with Crippen molar-refractivity contribution in [1.82, 2.24) is 28.7 Å². The van der Waals surface area contributed by atoms with Crippen LogP contribution in [-0.4, -0.2) is 28.7 Å². The number of H-pyrrole nitrogens is 1. The number of aromatic amines is 1. The van der Waals surface area contributed by atoms with Gasteiger partial charge < -0.3 is 13.8 Å². The van der Waals surface area contributed by atoms with Gasteiger partial charge in [0, 0.05) is 48.8 Å². The van der Waals surface area contributed by atoms with Gasteiger partial charge in [0.25, 0.3) is 0 Å². The van der Waals surface area contributed by atoms with Crippen LogP contribution in [0, 0.1) is 0 Å². The zero-order valence-electron chi connectivity index (χ0n) is 31.5. The predicted octanol–water partition coefficient (Wildman–Crippen LogP) is 13.2. The molecule has 59 heavy (non-hydrogen) atoms. The van der Waals surface area contributed by atoms with E-state index in [0.29, 0.717) is 11.8 Å². The fraction of sp³-hybridized carbons (Fsp3) is 0. The minimum Gasteiger partial charge on any atom is -0.456 e. The third-order valence-corrected chi connectivity index (χ3v) is 11.9. The van der Waals surface area contributed by atoms with E-state index < -0.39 is 0 Å². The van der Waals surface area contributed by atoms with Gasteiger partial charge in [0.2, 0.25) is 5.95 Å². The van der Waals surface area contributed by atoms with E-state index in [2.05, 4.69) is 153 Å². The molecular formula is C52H32N6O. The Morgan fingerprint density at radius 3 is 1.98 bits per heavy atom. The lowest BCUT2D eigenvalue weighted by Gasteiger charge is -2.12. The Kier molecular flexibility index (Phi) is 6.60. The lowest BCUT2D eigenvalue weighted by atomic mass is 10.0. The molecule has 8 aromatic carbocycles. The molecule has 7 nitrogen and oxygen atoms in total. The summed E-state index contributed by atoms with van der Waals surface area (Å²) in [5.74, 6) is 2.17. The van der Waals surface area contributed by atoms with Gasteiger partial charge >= 0.3 is 0 Å². The molecule has 0 unspecified atom stereocenters. The van der Waals surface area contributed by atoms with Gasteiger partial charge in [-0.1, -0.05) is 133 Å². The van der Waals surface area contributed by atoms with Crippen LogP contribution in [0.25, 0.3) is 116 Å². The lowest BCUT2D eigenvalue weighted by molar-refractivity contribution is 0.632. The van der Waals surface area contributed by atoms with Gasteiger partial charge in [-0.05, 0) is 54.6 Å². The maximum absolute atomic E-state index is 6.58. The van der Waals surface area contributed by atoms with Crippen molar-refractivity contribution in [3.05, 3.63) is 188 Å². The highest BCUT2D eigenvalue weighted by molar-refractivity contribution is 6.22. The van der Waals surface area contributed by atoms with Crippen LogP contribution in [-0.2, 0) is 0 Å². The van der Waals surface area contributed by atoms with Gasteiger partial charge in [-0.15, -0.1) is 5.10 Å².